The van der Waals surface area contributed by atoms with Crippen molar-refractivity contribution in [2.45, 2.75) is 16.2 Å². The van der Waals surface area contributed by atoms with Crippen molar-refractivity contribution in [2.75, 3.05) is 16.4 Å². The Morgan fingerprint density at radius 1 is 1.16 bits per heavy atom. The minimum atomic E-state index is -3.77. The molecular weight excluding hydrogens is 362 g/mol. The predicted octanol–water partition coefficient (Wildman–Crippen LogP) is 2.02. The smallest absolute Gasteiger partial charge is 0.255 e. The van der Waals surface area contributed by atoms with Gasteiger partial charge in [0.25, 0.3) is 5.91 Å². The average Bonchev–Trinajstić information content (AvgIpc) is 2.74. The van der Waals surface area contributed by atoms with Gasteiger partial charge in [-0.05, 0) is 42.5 Å². The molecule has 0 bridgehead atoms. The van der Waals surface area contributed by atoms with Crippen LogP contribution in [0.2, 0.25) is 0 Å². The molecule has 0 unspecified atom stereocenters. The van der Waals surface area contributed by atoms with E-state index in [0.717, 1.165) is 4.90 Å². The van der Waals surface area contributed by atoms with Crippen molar-refractivity contribution in [2.24, 2.45) is 5.14 Å². The van der Waals surface area contributed by atoms with Crippen LogP contribution in [0.25, 0.3) is 0 Å². The highest BCUT2D eigenvalue weighted by molar-refractivity contribution is 7.99. The fourth-order valence-corrected chi connectivity index (χ4v) is 3.74. The van der Waals surface area contributed by atoms with Crippen molar-refractivity contribution in [1.29, 1.82) is 0 Å². The monoisotopic (exact) mass is 377 g/mol. The molecule has 3 rings (SSSR count). The Labute approximate surface area is 149 Å². The molecule has 2 amide bonds. The molecule has 130 valence electrons. The zero-order valence-corrected chi connectivity index (χ0v) is 14.6. The second-order valence-electron chi connectivity index (χ2n) is 5.38. The Morgan fingerprint density at radius 2 is 1.88 bits per heavy atom. The molecule has 0 radical (unpaired) electrons. The number of fused-ring (bicyclic) bond motifs is 1. The topological polar surface area (TPSA) is 118 Å². The van der Waals surface area contributed by atoms with Gasteiger partial charge in [0.2, 0.25) is 15.9 Å². The van der Waals surface area contributed by atoms with E-state index in [1.54, 1.807) is 30.0 Å². The summed E-state index contributed by atoms with van der Waals surface area (Å²) in [6.07, 6.45) is 0.428. The first-order valence-electron chi connectivity index (χ1n) is 7.34. The molecule has 0 fully saturated rings. The second-order valence-corrected chi connectivity index (χ2v) is 8.08. The number of anilines is 2. The summed E-state index contributed by atoms with van der Waals surface area (Å²) in [7, 11) is -3.77. The van der Waals surface area contributed by atoms with Crippen LogP contribution < -0.4 is 15.8 Å². The Balaban J connectivity index is 1.78. The van der Waals surface area contributed by atoms with Gasteiger partial charge in [-0.25, -0.2) is 13.6 Å². The van der Waals surface area contributed by atoms with Gasteiger partial charge in [0.1, 0.15) is 0 Å². The number of carbonyl (C=O) groups is 2. The molecule has 0 aromatic heterocycles. The maximum absolute atomic E-state index is 12.4. The normalized spacial score (nSPS) is 14.2. The van der Waals surface area contributed by atoms with E-state index in [1.165, 1.54) is 24.3 Å². The predicted molar refractivity (Wildman–Crippen MR) is 96.2 cm³/mol. The summed E-state index contributed by atoms with van der Waals surface area (Å²) >= 11 is 1.56. The minimum Gasteiger partial charge on any atom is -0.325 e. The lowest BCUT2D eigenvalue weighted by atomic mass is 10.1. The molecule has 25 heavy (non-hydrogen) atoms. The van der Waals surface area contributed by atoms with Crippen LogP contribution in [-0.4, -0.2) is 26.0 Å². The zero-order valence-electron chi connectivity index (χ0n) is 13.0. The van der Waals surface area contributed by atoms with Gasteiger partial charge in [0.05, 0.1) is 10.6 Å². The van der Waals surface area contributed by atoms with E-state index < -0.39 is 10.0 Å². The van der Waals surface area contributed by atoms with Crippen molar-refractivity contribution in [3.8, 4) is 0 Å². The first kappa shape index (κ1) is 17.5. The molecule has 0 spiro atoms. The maximum Gasteiger partial charge on any atom is 0.255 e. The molecule has 0 aliphatic carbocycles. The number of rotatable bonds is 3. The molecule has 0 atom stereocenters. The third-order valence-electron chi connectivity index (χ3n) is 3.54. The molecule has 9 heteroatoms. The number of hydrogen-bond acceptors (Lipinski definition) is 5. The summed E-state index contributed by atoms with van der Waals surface area (Å²) in [6, 6.07) is 10.6. The quantitative estimate of drug-likeness (QED) is 0.756. The highest BCUT2D eigenvalue weighted by atomic mass is 32.2. The molecule has 0 saturated heterocycles. The highest BCUT2D eigenvalue weighted by Gasteiger charge is 2.16. The lowest BCUT2D eigenvalue weighted by molar-refractivity contribution is -0.115. The summed E-state index contributed by atoms with van der Waals surface area (Å²) in [5.41, 5.74) is 1.44. The number of carbonyl (C=O) groups excluding carboxylic acids is 2. The van der Waals surface area contributed by atoms with Gasteiger partial charge < -0.3 is 10.6 Å². The molecular formula is C16H15N3O4S2. The second kappa shape index (κ2) is 6.87. The van der Waals surface area contributed by atoms with Gasteiger partial charge in [0.15, 0.2) is 0 Å². The van der Waals surface area contributed by atoms with Crippen LogP contribution in [0.15, 0.2) is 52.3 Å². The molecule has 0 saturated carbocycles. The zero-order chi connectivity index (χ0) is 18.0. The molecule has 4 N–H and O–H groups in total. The van der Waals surface area contributed by atoms with Crippen LogP contribution in [0.3, 0.4) is 0 Å². The van der Waals surface area contributed by atoms with E-state index in [0.29, 0.717) is 29.1 Å². The molecule has 2 aromatic carbocycles. The van der Waals surface area contributed by atoms with E-state index in [1.807, 2.05) is 0 Å². The van der Waals surface area contributed by atoms with Crippen LogP contribution in [0.5, 0.6) is 0 Å². The Bertz CT molecular complexity index is 940. The number of thioether (sulfide) groups is 1. The van der Waals surface area contributed by atoms with Gasteiger partial charge in [-0.2, -0.15) is 0 Å². The van der Waals surface area contributed by atoms with Crippen LogP contribution in [0, 0.1) is 0 Å². The summed E-state index contributed by atoms with van der Waals surface area (Å²) in [5, 5.41) is 10.5. The van der Waals surface area contributed by atoms with Crippen LogP contribution in [0.4, 0.5) is 11.4 Å². The number of sulfonamides is 1. The van der Waals surface area contributed by atoms with E-state index in [9.17, 15) is 18.0 Å². The lowest BCUT2D eigenvalue weighted by Crippen LogP contribution is -2.15. The average molecular weight is 377 g/mol. The van der Waals surface area contributed by atoms with Crippen molar-refractivity contribution in [3.63, 3.8) is 0 Å². The molecule has 1 aliphatic rings. The Kier molecular flexibility index (Phi) is 4.80. The first-order valence-corrected chi connectivity index (χ1v) is 9.87. The largest absolute Gasteiger partial charge is 0.325 e. The minimum absolute atomic E-state index is 0.0322. The SMILES string of the molecule is NS(=O)(=O)c1ccc(NC(=O)c2ccc3c(c2)NC(=O)CCS3)cc1. The molecule has 1 heterocycles. The Hall–Kier alpha value is -2.36. The molecule has 2 aromatic rings. The fraction of sp³-hybridized carbons (Fsp3) is 0.125. The van der Waals surface area contributed by atoms with Gasteiger partial charge >= 0.3 is 0 Å². The fourth-order valence-electron chi connectivity index (χ4n) is 2.29. The van der Waals surface area contributed by atoms with Gasteiger partial charge in [-0.15, -0.1) is 11.8 Å². The van der Waals surface area contributed by atoms with E-state index in [-0.39, 0.29) is 16.7 Å². The van der Waals surface area contributed by atoms with E-state index in [2.05, 4.69) is 10.6 Å². The lowest BCUT2D eigenvalue weighted by Gasteiger charge is -2.10. The summed E-state index contributed by atoms with van der Waals surface area (Å²) in [6.45, 7) is 0. The number of hydrogen-bond donors (Lipinski definition) is 3. The number of nitrogens with two attached hydrogens (primary N) is 1. The van der Waals surface area contributed by atoms with Crippen molar-refractivity contribution < 1.29 is 18.0 Å². The Morgan fingerprint density at radius 3 is 2.56 bits per heavy atom. The third-order valence-corrected chi connectivity index (χ3v) is 5.55. The number of primary sulfonamides is 1. The van der Waals surface area contributed by atoms with E-state index in [4.69, 9.17) is 5.14 Å². The van der Waals surface area contributed by atoms with E-state index >= 15 is 0 Å². The van der Waals surface area contributed by atoms with Crippen molar-refractivity contribution in [3.05, 3.63) is 48.0 Å². The van der Waals surface area contributed by atoms with Crippen molar-refractivity contribution in [1.82, 2.24) is 0 Å². The van der Waals surface area contributed by atoms with Crippen LogP contribution in [0.1, 0.15) is 16.8 Å². The van der Waals surface area contributed by atoms with Crippen LogP contribution >= 0.6 is 11.8 Å². The number of amides is 2. The number of nitrogens with one attached hydrogen (secondary N) is 2. The van der Waals surface area contributed by atoms with Crippen molar-refractivity contribution >= 4 is 45.0 Å². The van der Waals surface area contributed by atoms with Gasteiger partial charge in [-0.1, -0.05) is 0 Å². The first-order chi connectivity index (χ1) is 11.8. The third kappa shape index (κ3) is 4.19. The number of benzene rings is 2. The maximum atomic E-state index is 12.4. The summed E-state index contributed by atoms with van der Waals surface area (Å²) in [5.74, 6) is 0.248. The van der Waals surface area contributed by atoms with Gasteiger partial charge in [-0.3, -0.25) is 9.59 Å². The van der Waals surface area contributed by atoms with Gasteiger partial charge in [0, 0.05) is 28.3 Å². The van der Waals surface area contributed by atoms with Crippen LogP contribution in [-0.2, 0) is 14.8 Å². The molecule has 1 aliphatic heterocycles. The summed E-state index contributed by atoms with van der Waals surface area (Å²) in [4.78, 5) is 24.9. The highest BCUT2D eigenvalue weighted by Crippen LogP contribution is 2.31. The molecule has 7 nitrogen and oxygen atoms in total. The summed E-state index contributed by atoms with van der Waals surface area (Å²) < 4.78 is 22.5. The standard InChI is InChI=1S/C16H15N3O4S2/c17-25(22,23)12-4-2-11(3-5-12)18-16(21)10-1-6-14-13(9-10)19-15(20)7-8-24-14/h1-6,9H,7-8H2,(H,18,21)(H,19,20)(H2,17,22,23).